The maximum absolute atomic E-state index is 12.5. The maximum Gasteiger partial charge on any atom is 0.183 e. The van der Waals surface area contributed by atoms with Crippen LogP contribution in [-0.4, -0.2) is 162 Å². The number of hydrogen-bond acceptors (Lipinski definition) is 15. The third kappa shape index (κ3) is 8.41. The molecular weight excluding hydrogens is 805 g/mol. The lowest BCUT2D eigenvalue weighted by atomic mass is 9.38. The summed E-state index contributed by atoms with van der Waals surface area (Å²) in [5.41, 5.74) is -0.527. The first-order valence-corrected chi connectivity index (χ1v) is 23.6. The molecule has 22 atom stereocenters. The molecular formula is C47H80O15. The van der Waals surface area contributed by atoms with Crippen LogP contribution in [-0.2, 0) is 23.7 Å². The molecule has 3 saturated carbocycles. The number of fused-ring (bicyclic) bond motifs is 5. The van der Waals surface area contributed by atoms with Crippen molar-refractivity contribution in [2.24, 2.45) is 51.2 Å². The summed E-state index contributed by atoms with van der Waals surface area (Å²) in [5.74, 6) is -0.0340. The molecule has 0 aromatic carbocycles. The zero-order chi connectivity index (χ0) is 45.5. The number of aliphatic hydroxyl groups is 10. The summed E-state index contributed by atoms with van der Waals surface area (Å²) < 4.78 is 30.6. The van der Waals surface area contributed by atoms with Gasteiger partial charge in [-0.1, -0.05) is 66.0 Å². The van der Waals surface area contributed by atoms with Crippen molar-refractivity contribution in [3.05, 3.63) is 11.6 Å². The predicted octanol–water partition coefficient (Wildman–Crippen LogP) is 1.92. The van der Waals surface area contributed by atoms with E-state index >= 15 is 0 Å². The molecule has 0 radical (unpaired) electrons. The highest BCUT2D eigenvalue weighted by Crippen LogP contribution is 2.75. The summed E-state index contributed by atoms with van der Waals surface area (Å²) in [6.45, 7) is 16.5. The van der Waals surface area contributed by atoms with Crippen molar-refractivity contribution in [1.82, 2.24) is 0 Å². The molecule has 10 N–H and O–H groups in total. The van der Waals surface area contributed by atoms with E-state index in [0.717, 1.165) is 44.9 Å². The molecule has 7 rings (SSSR count). The van der Waals surface area contributed by atoms with Crippen LogP contribution in [0.1, 0.15) is 120 Å². The van der Waals surface area contributed by atoms with Gasteiger partial charge in [0.1, 0.15) is 42.7 Å². The van der Waals surface area contributed by atoms with Crippen LogP contribution in [0, 0.1) is 51.2 Å². The first kappa shape index (κ1) is 49.1. The van der Waals surface area contributed by atoms with E-state index in [1.54, 1.807) is 0 Å². The van der Waals surface area contributed by atoms with E-state index in [1.165, 1.54) is 5.57 Å². The van der Waals surface area contributed by atoms with Gasteiger partial charge in [0.2, 0.25) is 0 Å². The molecule has 4 unspecified atom stereocenters. The van der Waals surface area contributed by atoms with Gasteiger partial charge < -0.3 is 74.7 Å². The van der Waals surface area contributed by atoms with Crippen molar-refractivity contribution < 1.29 is 74.7 Å². The fraction of sp³-hybridized carbons (Fsp3) is 0.957. The van der Waals surface area contributed by atoms with Crippen molar-refractivity contribution in [3.8, 4) is 0 Å². The van der Waals surface area contributed by atoms with Gasteiger partial charge in [-0.3, -0.25) is 0 Å². The van der Waals surface area contributed by atoms with E-state index < -0.39 is 115 Å². The van der Waals surface area contributed by atoms with Crippen LogP contribution in [0.4, 0.5) is 0 Å². The Labute approximate surface area is 367 Å². The summed E-state index contributed by atoms with van der Waals surface area (Å²) in [6.07, 6.45) is -7.62. The Morgan fingerprint density at radius 3 is 2.19 bits per heavy atom. The van der Waals surface area contributed by atoms with Gasteiger partial charge in [-0.2, -0.15) is 0 Å². The van der Waals surface area contributed by atoms with E-state index in [-0.39, 0.29) is 42.3 Å². The second-order valence-electron chi connectivity index (χ2n) is 22.6. The quantitative estimate of drug-likeness (QED) is 0.126. The van der Waals surface area contributed by atoms with E-state index in [9.17, 15) is 51.1 Å². The Morgan fingerprint density at radius 2 is 1.53 bits per heavy atom. The second kappa shape index (κ2) is 18.0. The van der Waals surface area contributed by atoms with Gasteiger partial charge in [-0.25, -0.2) is 0 Å². The maximum atomic E-state index is 12.5. The Kier molecular flexibility index (Phi) is 14.2. The lowest BCUT2D eigenvalue weighted by Gasteiger charge is -2.67. The van der Waals surface area contributed by atoms with E-state index in [2.05, 4.69) is 47.6 Å². The minimum atomic E-state index is -1.74. The Hall–Kier alpha value is -0.860. The lowest BCUT2D eigenvalue weighted by molar-refractivity contribution is -0.349. The third-order valence-electron chi connectivity index (χ3n) is 18.1. The van der Waals surface area contributed by atoms with Gasteiger partial charge in [-0.15, -0.1) is 0 Å². The minimum absolute atomic E-state index is 0.0107. The Balaban J connectivity index is 1.14. The Bertz CT molecular complexity index is 1570. The molecule has 358 valence electrons. The van der Waals surface area contributed by atoms with Crippen molar-refractivity contribution in [3.63, 3.8) is 0 Å². The summed E-state index contributed by atoms with van der Waals surface area (Å²) in [5, 5.41) is 109. The highest BCUT2D eigenvalue weighted by atomic mass is 16.7. The zero-order valence-corrected chi connectivity index (χ0v) is 38.3. The smallest absolute Gasteiger partial charge is 0.183 e. The van der Waals surface area contributed by atoms with Gasteiger partial charge in [0.05, 0.1) is 61.9 Å². The SMILES string of the molecule is C[C@H](CCCC(C)(C)O)C1CC[C@@]2(C)C3CC=C4C(CC[C@H](O[C@@H]5O[C@H](CO[C@@H]6OC[C@@H](O)C[C@H]6O)[C@@H](O)[C@H](O)[C@H]5C5O[C@@H](CO)[C@H](O)[C@@H](O)[C@@H]5O)C4(C)C)[C@]3(C)[C@H](O)C[C@]12C. The fourth-order valence-electron chi connectivity index (χ4n) is 14.2. The molecule has 7 aliphatic rings. The largest absolute Gasteiger partial charge is 0.394 e. The number of ether oxygens (including phenoxy) is 5. The molecule has 0 aromatic heterocycles. The molecule has 6 fully saturated rings. The number of hydrogen-bond donors (Lipinski definition) is 10. The number of allylic oxidation sites excluding steroid dienone is 1. The molecule has 3 heterocycles. The van der Waals surface area contributed by atoms with Crippen LogP contribution in [0.2, 0.25) is 0 Å². The van der Waals surface area contributed by atoms with Gasteiger partial charge in [0.25, 0.3) is 0 Å². The summed E-state index contributed by atoms with van der Waals surface area (Å²) in [6, 6.07) is 0. The van der Waals surface area contributed by atoms with Gasteiger partial charge in [0.15, 0.2) is 12.6 Å². The van der Waals surface area contributed by atoms with Gasteiger partial charge in [0, 0.05) is 17.3 Å². The van der Waals surface area contributed by atoms with E-state index in [1.807, 2.05) is 13.8 Å². The molecule has 3 saturated heterocycles. The van der Waals surface area contributed by atoms with Gasteiger partial charge >= 0.3 is 0 Å². The summed E-state index contributed by atoms with van der Waals surface area (Å²) in [7, 11) is 0. The number of rotatable bonds is 12. The molecule has 3 aliphatic heterocycles. The van der Waals surface area contributed by atoms with Crippen molar-refractivity contribution >= 4 is 0 Å². The van der Waals surface area contributed by atoms with Crippen LogP contribution < -0.4 is 0 Å². The molecule has 15 nitrogen and oxygen atoms in total. The van der Waals surface area contributed by atoms with Crippen molar-refractivity contribution in [1.29, 1.82) is 0 Å². The summed E-state index contributed by atoms with van der Waals surface area (Å²) >= 11 is 0. The molecule has 0 bridgehead atoms. The van der Waals surface area contributed by atoms with Gasteiger partial charge in [-0.05, 0) is 93.3 Å². The van der Waals surface area contributed by atoms with Crippen molar-refractivity contribution in [2.75, 3.05) is 19.8 Å². The zero-order valence-electron chi connectivity index (χ0n) is 38.3. The molecule has 62 heavy (non-hydrogen) atoms. The third-order valence-corrected chi connectivity index (χ3v) is 18.1. The standard InChI is InChI=1S/C47H80O15/c1-23(10-9-16-43(2,3)57)25-15-17-45(6)31-13-11-26-27(47(31,8)32(51)19-46(25,45)7)12-14-33(44(26,4)5)62-42-34(40-39(56)38(55)35(52)29(20-48)60-40)37(54)36(53)30(61-42)22-59-41-28(50)18-24(49)21-58-41/h11,23-25,27-42,48-57H,9-10,12-22H2,1-8H3/t23-,24+,25?,27?,28-,29+,30-,31?,32-,33+,34+,35+,36-,37-,38-,39+,40?,41+,42+,45+,46-,47+/m1/s1. The first-order chi connectivity index (χ1) is 28.9. The second-order valence-corrected chi connectivity index (χ2v) is 22.6. The predicted molar refractivity (Wildman–Crippen MR) is 225 cm³/mol. The average Bonchev–Trinajstić information content (AvgIpc) is 3.46. The normalized spacial score (nSPS) is 51.2. The van der Waals surface area contributed by atoms with Crippen LogP contribution in [0.3, 0.4) is 0 Å². The van der Waals surface area contributed by atoms with E-state index in [0.29, 0.717) is 24.7 Å². The van der Waals surface area contributed by atoms with Crippen molar-refractivity contribution in [2.45, 2.75) is 211 Å². The average molecular weight is 885 g/mol. The highest BCUT2D eigenvalue weighted by Gasteiger charge is 2.70. The molecule has 15 heteroatoms. The van der Waals surface area contributed by atoms with E-state index in [4.69, 9.17) is 23.7 Å². The molecule has 4 aliphatic carbocycles. The molecule has 0 spiro atoms. The molecule has 0 amide bonds. The van der Waals surface area contributed by atoms with Crippen LogP contribution in [0.15, 0.2) is 11.6 Å². The fourth-order valence-corrected chi connectivity index (χ4v) is 14.2. The minimum Gasteiger partial charge on any atom is -0.394 e. The Morgan fingerprint density at radius 1 is 0.839 bits per heavy atom. The van der Waals surface area contributed by atoms with Crippen LogP contribution in [0.25, 0.3) is 0 Å². The van der Waals surface area contributed by atoms with Crippen LogP contribution >= 0.6 is 0 Å². The topological polar surface area (TPSA) is 248 Å². The van der Waals surface area contributed by atoms with Crippen LogP contribution in [0.5, 0.6) is 0 Å². The monoisotopic (exact) mass is 885 g/mol. The summed E-state index contributed by atoms with van der Waals surface area (Å²) in [4.78, 5) is 0. The lowest BCUT2D eigenvalue weighted by Crippen LogP contribution is -2.68. The highest BCUT2D eigenvalue weighted by molar-refractivity contribution is 5.32. The first-order valence-electron chi connectivity index (χ1n) is 23.6. The molecule has 0 aromatic rings. The number of aliphatic hydroxyl groups excluding tert-OH is 9.